The van der Waals surface area contributed by atoms with Gasteiger partial charge in [-0.15, -0.1) is 13.2 Å². The van der Waals surface area contributed by atoms with E-state index in [9.17, 15) is 18.0 Å². The first-order valence-electron chi connectivity index (χ1n) is 9.97. The molecule has 0 amide bonds. The molecule has 31 heavy (non-hydrogen) atoms. The fourth-order valence-electron chi connectivity index (χ4n) is 4.06. The molecule has 1 atom stereocenters. The highest BCUT2D eigenvalue weighted by molar-refractivity contribution is 5.71. The maximum atomic E-state index is 13.1. The van der Waals surface area contributed by atoms with Crippen LogP contribution in [-0.2, 0) is 17.8 Å². The molecule has 0 unspecified atom stereocenters. The van der Waals surface area contributed by atoms with Crippen LogP contribution in [0.2, 0.25) is 0 Å². The van der Waals surface area contributed by atoms with Crippen LogP contribution in [-0.4, -0.2) is 52.2 Å². The molecule has 0 radical (unpaired) electrons. The third-order valence-electron chi connectivity index (χ3n) is 5.42. The van der Waals surface area contributed by atoms with Crippen molar-refractivity contribution in [2.75, 3.05) is 26.8 Å². The number of hydrogen-bond acceptors (Lipinski definition) is 5. The zero-order chi connectivity index (χ0) is 22.0. The zero-order valence-electron chi connectivity index (χ0n) is 17.0. The number of likely N-dealkylation sites (tertiary alicyclic amines) is 1. The molecule has 1 aromatic carbocycles. The van der Waals surface area contributed by atoms with Crippen molar-refractivity contribution in [1.82, 2.24) is 19.0 Å². The number of benzene rings is 1. The molecule has 7 nitrogen and oxygen atoms in total. The summed E-state index contributed by atoms with van der Waals surface area (Å²) < 4.78 is 49.4. The first-order chi connectivity index (χ1) is 14.9. The molecule has 0 N–H and O–H groups in total. The summed E-state index contributed by atoms with van der Waals surface area (Å²) in [6.45, 7) is 2.88. The Labute approximate surface area is 176 Å². The number of rotatable bonds is 7. The van der Waals surface area contributed by atoms with E-state index in [0.29, 0.717) is 31.9 Å². The minimum atomic E-state index is -4.70. The topological polar surface area (TPSA) is 61.5 Å². The number of nitrogens with zero attached hydrogens (tertiary/aromatic N) is 4. The molecule has 1 aliphatic heterocycles. The van der Waals surface area contributed by atoms with Crippen molar-refractivity contribution in [3.05, 3.63) is 58.6 Å². The number of fused-ring (bicyclic) bond motifs is 1. The fourth-order valence-corrected chi connectivity index (χ4v) is 4.06. The molecule has 3 aromatic rings. The second kappa shape index (κ2) is 8.72. The van der Waals surface area contributed by atoms with Gasteiger partial charge < -0.3 is 9.47 Å². The van der Waals surface area contributed by atoms with Crippen LogP contribution in [0, 0.1) is 0 Å². The van der Waals surface area contributed by atoms with Crippen LogP contribution in [0.5, 0.6) is 5.75 Å². The molecule has 0 aliphatic carbocycles. The van der Waals surface area contributed by atoms with Crippen LogP contribution in [0.25, 0.3) is 11.2 Å². The number of hydrogen-bond donors (Lipinski definition) is 0. The minimum Gasteiger partial charge on any atom is -0.406 e. The zero-order valence-corrected chi connectivity index (χ0v) is 17.0. The van der Waals surface area contributed by atoms with Crippen molar-refractivity contribution in [2.45, 2.75) is 31.9 Å². The summed E-state index contributed by atoms with van der Waals surface area (Å²) >= 11 is 0. The third kappa shape index (κ3) is 4.75. The van der Waals surface area contributed by atoms with E-state index in [2.05, 4.69) is 14.6 Å². The minimum absolute atomic E-state index is 0.0264. The quantitative estimate of drug-likeness (QED) is 0.569. The van der Waals surface area contributed by atoms with E-state index in [0.717, 1.165) is 24.0 Å². The van der Waals surface area contributed by atoms with Gasteiger partial charge in [0.05, 0.1) is 24.7 Å². The monoisotopic (exact) mass is 436 g/mol. The Bertz CT molecular complexity index is 1090. The lowest BCUT2D eigenvalue weighted by molar-refractivity contribution is -0.274. The maximum absolute atomic E-state index is 13.1. The highest BCUT2D eigenvalue weighted by atomic mass is 19.4. The van der Waals surface area contributed by atoms with E-state index in [1.807, 2.05) is 12.1 Å². The van der Waals surface area contributed by atoms with Gasteiger partial charge in [0.15, 0.2) is 5.65 Å². The molecule has 166 valence electrons. The van der Waals surface area contributed by atoms with Crippen LogP contribution >= 0.6 is 0 Å². The lowest BCUT2D eigenvalue weighted by atomic mass is 10.2. The Hall–Kier alpha value is -2.85. The number of aromatic nitrogens is 3. The summed E-state index contributed by atoms with van der Waals surface area (Å²) in [4.78, 5) is 19.7. The van der Waals surface area contributed by atoms with E-state index in [-0.39, 0.29) is 17.5 Å². The Morgan fingerprint density at radius 3 is 2.68 bits per heavy atom. The molecule has 1 aliphatic rings. The largest absolute Gasteiger partial charge is 0.573 e. The van der Waals surface area contributed by atoms with Crippen LogP contribution in [0.4, 0.5) is 13.2 Å². The van der Waals surface area contributed by atoms with Crippen LogP contribution in [0.3, 0.4) is 0 Å². The average molecular weight is 436 g/mol. The van der Waals surface area contributed by atoms with Crippen molar-refractivity contribution in [3.8, 4) is 5.75 Å². The van der Waals surface area contributed by atoms with Gasteiger partial charge >= 0.3 is 12.1 Å². The molecule has 4 rings (SSSR count). The molecular weight excluding hydrogens is 413 g/mol. The molecule has 0 spiro atoms. The van der Waals surface area contributed by atoms with Gasteiger partial charge in [0.1, 0.15) is 5.75 Å². The lowest BCUT2D eigenvalue weighted by Gasteiger charge is -2.17. The van der Waals surface area contributed by atoms with Gasteiger partial charge in [0, 0.05) is 32.9 Å². The molecule has 2 aromatic heterocycles. The Kier molecular flexibility index (Phi) is 6.01. The first-order valence-corrected chi connectivity index (χ1v) is 9.97. The third-order valence-corrected chi connectivity index (χ3v) is 5.42. The molecule has 1 fully saturated rings. The molecule has 0 saturated carbocycles. The second-order valence-electron chi connectivity index (χ2n) is 7.51. The highest BCUT2D eigenvalue weighted by Gasteiger charge is 2.31. The fraction of sp³-hybridized carbons (Fsp3) is 0.429. The normalized spacial score (nSPS) is 17.5. The van der Waals surface area contributed by atoms with E-state index in [1.165, 1.54) is 12.1 Å². The lowest BCUT2D eigenvalue weighted by Crippen LogP contribution is -2.30. The van der Waals surface area contributed by atoms with Gasteiger partial charge in [-0.25, -0.2) is 9.78 Å². The number of halogens is 3. The summed E-state index contributed by atoms with van der Waals surface area (Å²) in [5.41, 5.74) is 2.21. The van der Waals surface area contributed by atoms with Crippen molar-refractivity contribution < 1.29 is 22.6 Å². The molecule has 10 heteroatoms. The molecule has 0 bridgehead atoms. The van der Waals surface area contributed by atoms with Crippen molar-refractivity contribution >= 4 is 11.2 Å². The predicted octanol–water partition coefficient (Wildman–Crippen LogP) is 3.19. The van der Waals surface area contributed by atoms with Gasteiger partial charge in [-0.3, -0.25) is 14.0 Å². The molecular formula is C21H23F3N4O3. The Balaban J connectivity index is 1.49. The summed E-state index contributed by atoms with van der Waals surface area (Å²) in [5.74, 6) is -0.239. The van der Waals surface area contributed by atoms with Gasteiger partial charge in [-0.2, -0.15) is 0 Å². The second-order valence-corrected chi connectivity index (χ2v) is 7.51. The average Bonchev–Trinajstić information content (AvgIpc) is 3.28. The van der Waals surface area contributed by atoms with Gasteiger partial charge in [0.25, 0.3) is 0 Å². The van der Waals surface area contributed by atoms with Crippen LogP contribution in [0.15, 0.2) is 47.4 Å². The number of alkyl halides is 3. The summed E-state index contributed by atoms with van der Waals surface area (Å²) in [5, 5.41) is 0. The summed E-state index contributed by atoms with van der Waals surface area (Å²) in [6.07, 6.45) is -2.24. The highest BCUT2D eigenvalue weighted by Crippen LogP contribution is 2.27. The van der Waals surface area contributed by atoms with E-state index in [1.54, 1.807) is 34.6 Å². The molecule has 1 saturated heterocycles. The molecule has 3 heterocycles. The van der Waals surface area contributed by atoms with Gasteiger partial charge in [0.2, 0.25) is 0 Å². The van der Waals surface area contributed by atoms with Crippen LogP contribution in [0.1, 0.15) is 18.0 Å². The van der Waals surface area contributed by atoms with Gasteiger partial charge in [-0.1, -0.05) is 12.1 Å². The first kappa shape index (κ1) is 21.4. The Morgan fingerprint density at radius 1 is 1.19 bits per heavy atom. The van der Waals surface area contributed by atoms with Crippen molar-refractivity contribution in [3.63, 3.8) is 0 Å². The smallest absolute Gasteiger partial charge is 0.406 e. The standard InChI is InChI=1S/C21H23F3N4O3/c1-30-12-11-27-18-3-2-9-25-19(18)28(20(27)29)16-8-10-26(14-16)13-15-4-6-17(7-5-15)31-21(22,23)24/h2-7,9,16H,8,10-14H2,1H3/t16-/m1/s1. The number of imidazole rings is 1. The van der Waals surface area contributed by atoms with Crippen molar-refractivity contribution in [1.29, 1.82) is 0 Å². The van der Waals surface area contributed by atoms with Crippen LogP contribution < -0.4 is 10.4 Å². The summed E-state index contributed by atoms with van der Waals surface area (Å²) in [6, 6.07) is 9.54. The van der Waals surface area contributed by atoms with E-state index in [4.69, 9.17) is 4.74 Å². The maximum Gasteiger partial charge on any atom is 0.573 e. The number of pyridine rings is 1. The van der Waals surface area contributed by atoms with Crippen molar-refractivity contribution in [2.24, 2.45) is 0 Å². The SMILES string of the molecule is COCCn1c(=O)n([C@@H]2CCN(Cc3ccc(OC(F)(F)F)cc3)C2)c2ncccc21. The predicted molar refractivity (Wildman–Crippen MR) is 108 cm³/mol. The number of ether oxygens (including phenoxy) is 2. The number of methoxy groups -OCH3 is 1. The summed E-state index contributed by atoms with van der Waals surface area (Å²) in [7, 11) is 1.60. The Morgan fingerprint density at radius 2 is 1.97 bits per heavy atom. The van der Waals surface area contributed by atoms with E-state index >= 15 is 0 Å². The van der Waals surface area contributed by atoms with Gasteiger partial charge in [-0.05, 0) is 36.2 Å². The van der Waals surface area contributed by atoms with E-state index < -0.39 is 6.36 Å².